The van der Waals surface area contributed by atoms with E-state index in [0.717, 1.165) is 12.1 Å². The van der Waals surface area contributed by atoms with Gasteiger partial charge in [0.05, 0.1) is 22.7 Å². The molecule has 0 radical (unpaired) electrons. The van der Waals surface area contributed by atoms with Gasteiger partial charge in [-0.2, -0.15) is 22.0 Å². The zero-order valence-electron chi connectivity index (χ0n) is 13.3. The van der Waals surface area contributed by atoms with Crippen LogP contribution in [0.25, 0.3) is 0 Å². The highest BCUT2D eigenvalue weighted by molar-refractivity contribution is 6.34. The quantitative estimate of drug-likeness (QED) is 0.729. The van der Waals surface area contributed by atoms with Crippen molar-refractivity contribution in [3.05, 3.63) is 46.0 Å². The smallest absolute Gasteiger partial charge is 0.329 e. The van der Waals surface area contributed by atoms with Gasteiger partial charge in [-0.3, -0.25) is 4.79 Å². The van der Waals surface area contributed by atoms with Crippen molar-refractivity contribution >= 4 is 17.5 Å². The average molecular weight is 395 g/mol. The highest BCUT2D eigenvalue weighted by atomic mass is 35.5. The van der Waals surface area contributed by atoms with Crippen LogP contribution in [-0.4, -0.2) is 32.1 Å². The normalized spacial score (nSPS) is 15.1. The second-order valence-electron chi connectivity index (χ2n) is 5.87. The zero-order chi connectivity index (χ0) is 19.3. The fourth-order valence-corrected chi connectivity index (χ4v) is 3.06. The lowest BCUT2D eigenvalue weighted by Crippen LogP contribution is -2.39. The van der Waals surface area contributed by atoms with Crippen LogP contribution in [0.1, 0.15) is 34.5 Å². The largest absolute Gasteiger partial charge is 0.417 e. The van der Waals surface area contributed by atoms with Crippen LogP contribution in [0, 0.1) is 0 Å². The van der Waals surface area contributed by atoms with E-state index in [2.05, 4.69) is 10.2 Å². The Morgan fingerprint density at radius 2 is 1.85 bits per heavy atom. The van der Waals surface area contributed by atoms with Crippen molar-refractivity contribution in [1.82, 2.24) is 19.7 Å². The maximum absolute atomic E-state index is 13.5. The van der Waals surface area contributed by atoms with Crippen molar-refractivity contribution in [3.63, 3.8) is 0 Å². The molecule has 1 aliphatic heterocycles. The van der Waals surface area contributed by atoms with Gasteiger partial charge in [-0.05, 0) is 12.1 Å². The second-order valence-corrected chi connectivity index (χ2v) is 6.25. The standard InChI is InChI=1S/C15H12ClF5N4O/c1-14(17,18)13-23-22-10-7-24(5-6-25(10)13)12(26)8-3-2-4-9(11(8)16)15(19,20)21/h2-4H,5-7H2,1H3. The molecule has 1 aromatic carbocycles. The van der Waals surface area contributed by atoms with E-state index in [1.54, 1.807) is 0 Å². The summed E-state index contributed by atoms with van der Waals surface area (Å²) in [4.78, 5) is 13.8. The van der Waals surface area contributed by atoms with E-state index in [0.29, 0.717) is 6.92 Å². The van der Waals surface area contributed by atoms with Crippen LogP contribution in [0.15, 0.2) is 18.2 Å². The van der Waals surface area contributed by atoms with Gasteiger partial charge in [0.25, 0.3) is 5.91 Å². The first-order valence-corrected chi connectivity index (χ1v) is 7.83. The molecule has 0 aliphatic carbocycles. The highest BCUT2D eigenvalue weighted by Gasteiger charge is 2.37. The number of hydrogen-bond donors (Lipinski definition) is 0. The van der Waals surface area contributed by atoms with Crippen LogP contribution in [-0.2, 0) is 25.2 Å². The second kappa shape index (κ2) is 6.19. The summed E-state index contributed by atoms with van der Waals surface area (Å²) in [6.45, 7) is 0.543. The molecule has 0 spiro atoms. The molecule has 26 heavy (non-hydrogen) atoms. The van der Waals surface area contributed by atoms with Crippen LogP contribution >= 0.6 is 11.6 Å². The van der Waals surface area contributed by atoms with E-state index in [1.165, 1.54) is 15.5 Å². The molecule has 1 aromatic heterocycles. The van der Waals surface area contributed by atoms with Gasteiger partial charge in [0, 0.05) is 20.0 Å². The Bertz CT molecular complexity index is 859. The Morgan fingerprint density at radius 1 is 1.15 bits per heavy atom. The van der Waals surface area contributed by atoms with E-state index in [-0.39, 0.29) is 31.0 Å². The Kier molecular flexibility index (Phi) is 4.41. The minimum atomic E-state index is -4.70. The number of nitrogens with zero attached hydrogens (tertiary/aromatic N) is 4. The molecule has 3 rings (SSSR count). The molecule has 1 amide bonds. The van der Waals surface area contributed by atoms with Gasteiger partial charge < -0.3 is 9.47 Å². The third kappa shape index (κ3) is 3.25. The van der Waals surface area contributed by atoms with Crippen molar-refractivity contribution in [2.75, 3.05) is 6.54 Å². The van der Waals surface area contributed by atoms with Gasteiger partial charge in [0.2, 0.25) is 5.82 Å². The predicted molar refractivity (Wildman–Crippen MR) is 80.8 cm³/mol. The van der Waals surface area contributed by atoms with Crippen LogP contribution in [0.5, 0.6) is 0 Å². The summed E-state index contributed by atoms with van der Waals surface area (Å²) < 4.78 is 67.0. The summed E-state index contributed by atoms with van der Waals surface area (Å²) in [5.41, 5.74) is -1.42. The summed E-state index contributed by atoms with van der Waals surface area (Å²) in [7, 11) is 0. The monoisotopic (exact) mass is 394 g/mol. The van der Waals surface area contributed by atoms with E-state index in [1.807, 2.05) is 0 Å². The van der Waals surface area contributed by atoms with Crippen LogP contribution in [0.3, 0.4) is 0 Å². The number of amides is 1. The number of fused-ring (bicyclic) bond motifs is 1. The number of benzene rings is 1. The van der Waals surface area contributed by atoms with Gasteiger partial charge in [-0.1, -0.05) is 17.7 Å². The number of hydrogen-bond acceptors (Lipinski definition) is 3. The number of carbonyl (C=O) groups excluding carboxylic acids is 1. The van der Waals surface area contributed by atoms with Crippen LogP contribution in [0.4, 0.5) is 22.0 Å². The number of rotatable bonds is 2. The molecule has 0 fully saturated rings. The molecule has 0 atom stereocenters. The van der Waals surface area contributed by atoms with Crippen molar-refractivity contribution in [2.24, 2.45) is 0 Å². The molecule has 0 bridgehead atoms. The third-order valence-electron chi connectivity index (χ3n) is 3.97. The number of aromatic nitrogens is 3. The number of alkyl halides is 5. The van der Waals surface area contributed by atoms with Crippen molar-refractivity contribution in [3.8, 4) is 0 Å². The molecule has 2 aromatic rings. The minimum Gasteiger partial charge on any atom is -0.329 e. The van der Waals surface area contributed by atoms with Gasteiger partial charge in [0.1, 0.15) is 0 Å². The Labute approximate surface area is 149 Å². The van der Waals surface area contributed by atoms with Gasteiger partial charge in [-0.15, -0.1) is 10.2 Å². The van der Waals surface area contributed by atoms with Crippen molar-refractivity contribution in [1.29, 1.82) is 0 Å². The summed E-state index contributed by atoms with van der Waals surface area (Å²) in [6.07, 6.45) is -4.70. The first-order chi connectivity index (χ1) is 12.0. The molecule has 0 N–H and O–H groups in total. The first-order valence-electron chi connectivity index (χ1n) is 7.45. The molecule has 11 heteroatoms. The highest BCUT2D eigenvalue weighted by Crippen LogP contribution is 2.37. The predicted octanol–water partition coefficient (Wildman–Crippen LogP) is 3.72. The molecule has 0 saturated carbocycles. The zero-order valence-corrected chi connectivity index (χ0v) is 14.1. The SMILES string of the molecule is CC(F)(F)c1nnc2n1CCN(C(=O)c1cccc(C(F)(F)F)c1Cl)C2. The van der Waals surface area contributed by atoms with Crippen molar-refractivity contribution < 1.29 is 26.7 Å². The molecule has 0 saturated heterocycles. The first kappa shape index (κ1) is 18.6. The van der Waals surface area contributed by atoms with E-state index < -0.39 is 34.4 Å². The summed E-state index contributed by atoms with van der Waals surface area (Å²) >= 11 is 5.77. The topological polar surface area (TPSA) is 51.0 Å². The van der Waals surface area contributed by atoms with E-state index in [9.17, 15) is 26.7 Å². The molecular formula is C15H12ClF5N4O. The van der Waals surface area contributed by atoms with Crippen LogP contribution in [0.2, 0.25) is 5.02 Å². The third-order valence-corrected chi connectivity index (χ3v) is 4.37. The lowest BCUT2D eigenvalue weighted by Gasteiger charge is -2.29. The molecule has 5 nitrogen and oxygen atoms in total. The summed E-state index contributed by atoms with van der Waals surface area (Å²) in [5.74, 6) is -4.32. The number of halogens is 6. The maximum Gasteiger partial charge on any atom is 0.417 e. The molecule has 1 aliphatic rings. The van der Waals surface area contributed by atoms with E-state index >= 15 is 0 Å². The van der Waals surface area contributed by atoms with Crippen molar-refractivity contribution in [2.45, 2.75) is 32.1 Å². The van der Waals surface area contributed by atoms with Gasteiger partial charge in [-0.25, -0.2) is 0 Å². The van der Waals surface area contributed by atoms with Gasteiger partial charge >= 0.3 is 12.1 Å². The van der Waals surface area contributed by atoms with E-state index in [4.69, 9.17) is 11.6 Å². The summed E-state index contributed by atoms with van der Waals surface area (Å²) in [6, 6.07) is 3.05. The van der Waals surface area contributed by atoms with Gasteiger partial charge in [0.15, 0.2) is 5.82 Å². The fraction of sp³-hybridized carbons (Fsp3) is 0.400. The van der Waals surface area contributed by atoms with Crippen LogP contribution < -0.4 is 0 Å². The molecule has 0 unspecified atom stereocenters. The molecular weight excluding hydrogens is 383 g/mol. The lowest BCUT2D eigenvalue weighted by molar-refractivity contribution is -0.137. The minimum absolute atomic E-state index is 0.00339. The fourth-order valence-electron chi connectivity index (χ4n) is 2.74. The Balaban J connectivity index is 1.89. The number of carbonyl (C=O) groups is 1. The molecule has 140 valence electrons. The molecule has 2 heterocycles. The Morgan fingerprint density at radius 3 is 2.46 bits per heavy atom. The maximum atomic E-state index is 13.5. The average Bonchev–Trinajstić information content (AvgIpc) is 2.96. The Hall–Kier alpha value is -2.23. The summed E-state index contributed by atoms with van der Waals surface area (Å²) in [5, 5.41) is 6.41. The lowest BCUT2D eigenvalue weighted by atomic mass is 10.1.